The number of tetrazole rings is 1. The lowest BCUT2D eigenvalue weighted by molar-refractivity contribution is -0.115. The summed E-state index contributed by atoms with van der Waals surface area (Å²) >= 11 is 0. The minimum atomic E-state index is -0.0501. The smallest absolute Gasteiger partial charge is 0.228 e. The molecule has 0 atom stereocenters. The van der Waals surface area contributed by atoms with Crippen LogP contribution in [0.2, 0.25) is 0 Å². The van der Waals surface area contributed by atoms with Crippen LogP contribution in [0.1, 0.15) is 67.6 Å². The maximum Gasteiger partial charge on any atom is 0.228 e. The molecule has 188 valence electrons. The van der Waals surface area contributed by atoms with Gasteiger partial charge in [0.2, 0.25) is 11.7 Å². The quantitative estimate of drug-likeness (QED) is 0.272. The first-order valence-corrected chi connectivity index (χ1v) is 13.2. The normalized spacial score (nSPS) is 14.9. The number of benzene rings is 3. The molecule has 2 aliphatic carbocycles. The predicted octanol–water partition coefficient (Wildman–Crippen LogP) is 6.26. The number of carbonyl (C=O) groups is 1. The monoisotopic (exact) mass is 493 g/mol. The van der Waals surface area contributed by atoms with Gasteiger partial charge in [-0.2, -0.15) is 5.21 Å². The van der Waals surface area contributed by atoms with Crippen molar-refractivity contribution in [3.05, 3.63) is 77.4 Å². The molecule has 7 heteroatoms. The standard InChI is InChI=1S/C30H31N5O2/c1-2-15-37-29-26(22-13-14-22)17-23(24-5-3-4-6-25(24)30-32-34-35-33-30)18-27(29)31-28(36)16-19-7-9-20(10-8-19)21-11-12-21/h3-10,17-18,21-22H,2,11-16H2,1H3,(H,31,36)(H,32,33,34,35). The molecular formula is C30H31N5O2. The van der Waals surface area contributed by atoms with E-state index in [0.717, 1.165) is 58.5 Å². The zero-order chi connectivity index (χ0) is 25.2. The van der Waals surface area contributed by atoms with Gasteiger partial charge < -0.3 is 10.1 Å². The molecule has 0 bridgehead atoms. The Morgan fingerprint density at radius 2 is 1.76 bits per heavy atom. The van der Waals surface area contributed by atoms with Crippen LogP contribution in [0.25, 0.3) is 22.5 Å². The van der Waals surface area contributed by atoms with E-state index in [-0.39, 0.29) is 5.91 Å². The van der Waals surface area contributed by atoms with Crippen LogP contribution in [0.5, 0.6) is 5.75 Å². The van der Waals surface area contributed by atoms with Gasteiger partial charge in [0.05, 0.1) is 18.7 Å². The first-order chi connectivity index (χ1) is 18.2. The van der Waals surface area contributed by atoms with E-state index in [4.69, 9.17) is 4.74 Å². The molecule has 1 aromatic heterocycles. The van der Waals surface area contributed by atoms with Crippen molar-refractivity contribution in [3.8, 4) is 28.3 Å². The van der Waals surface area contributed by atoms with Gasteiger partial charge in [0.1, 0.15) is 5.75 Å². The van der Waals surface area contributed by atoms with Crippen molar-refractivity contribution in [1.29, 1.82) is 0 Å². The second kappa shape index (κ2) is 10.2. The van der Waals surface area contributed by atoms with Crippen molar-refractivity contribution in [1.82, 2.24) is 20.6 Å². The first kappa shape index (κ1) is 23.4. The number of carbonyl (C=O) groups excluding carboxylic acids is 1. The molecular weight excluding hydrogens is 462 g/mol. The van der Waals surface area contributed by atoms with Crippen LogP contribution >= 0.6 is 0 Å². The van der Waals surface area contributed by atoms with Gasteiger partial charge in [-0.15, -0.1) is 10.2 Å². The van der Waals surface area contributed by atoms with Gasteiger partial charge in [-0.25, -0.2) is 0 Å². The third kappa shape index (κ3) is 5.26. The van der Waals surface area contributed by atoms with E-state index in [2.05, 4.69) is 69.3 Å². The van der Waals surface area contributed by atoms with Gasteiger partial charge in [0.15, 0.2) is 0 Å². The fourth-order valence-corrected chi connectivity index (χ4v) is 4.87. The number of nitrogens with one attached hydrogen (secondary N) is 2. The van der Waals surface area contributed by atoms with Crippen LogP contribution in [0.3, 0.4) is 0 Å². The SMILES string of the molecule is CCCOc1c(NC(=O)Cc2ccc(C3CC3)cc2)cc(-c2ccccc2-c2nn[nH]n2)cc1C1CC1. The summed E-state index contributed by atoms with van der Waals surface area (Å²) in [7, 11) is 0. The Morgan fingerprint density at radius 1 is 1.00 bits per heavy atom. The van der Waals surface area contributed by atoms with Crippen molar-refractivity contribution >= 4 is 11.6 Å². The van der Waals surface area contributed by atoms with Gasteiger partial charge in [0, 0.05) is 11.1 Å². The fraction of sp³-hybridized carbons (Fsp3) is 0.333. The van der Waals surface area contributed by atoms with Crippen LogP contribution in [0, 0.1) is 0 Å². The lowest BCUT2D eigenvalue weighted by atomic mass is 9.95. The number of nitrogens with zero attached hydrogens (tertiary/aromatic N) is 3. The molecule has 2 N–H and O–H groups in total. The second-order valence-corrected chi connectivity index (χ2v) is 10.1. The van der Waals surface area contributed by atoms with E-state index < -0.39 is 0 Å². The number of hydrogen-bond acceptors (Lipinski definition) is 5. The molecule has 2 fully saturated rings. The number of amides is 1. The topological polar surface area (TPSA) is 92.8 Å². The van der Waals surface area contributed by atoms with Gasteiger partial charge in [-0.1, -0.05) is 55.5 Å². The molecule has 0 aliphatic heterocycles. The highest BCUT2D eigenvalue weighted by Crippen LogP contribution is 2.49. The van der Waals surface area contributed by atoms with E-state index >= 15 is 0 Å². The maximum absolute atomic E-state index is 13.2. The minimum Gasteiger partial charge on any atom is -0.491 e. The number of aromatic nitrogens is 4. The maximum atomic E-state index is 13.2. The van der Waals surface area contributed by atoms with E-state index in [1.54, 1.807) is 0 Å². The number of aromatic amines is 1. The highest BCUT2D eigenvalue weighted by Gasteiger charge is 2.30. The molecule has 0 spiro atoms. The zero-order valence-electron chi connectivity index (χ0n) is 21.0. The Hall–Kier alpha value is -4.00. The van der Waals surface area contributed by atoms with E-state index in [1.165, 1.54) is 18.4 Å². The molecule has 7 nitrogen and oxygen atoms in total. The van der Waals surface area contributed by atoms with E-state index in [9.17, 15) is 4.79 Å². The molecule has 6 rings (SSSR count). The predicted molar refractivity (Wildman–Crippen MR) is 144 cm³/mol. The summed E-state index contributed by atoms with van der Waals surface area (Å²) in [6, 6.07) is 20.7. The van der Waals surface area contributed by atoms with Crippen molar-refractivity contribution in [2.75, 3.05) is 11.9 Å². The number of H-pyrrole nitrogens is 1. The molecule has 0 saturated heterocycles. The van der Waals surface area contributed by atoms with Crippen LogP contribution in [-0.4, -0.2) is 33.1 Å². The molecule has 0 radical (unpaired) electrons. The lowest BCUT2D eigenvalue weighted by Gasteiger charge is -2.19. The summed E-state index contributed by atoms with van der Waals surface area (Å²) in [6.45, 7) is 2.69. The largest absolute Gasteiger partial charge is 0.491 e. The molecule has 4 aromatic rings. The summed E-state index contributed by atoms with van der Waals surface area (Å²) < 4.78 is 6.26. The molecule has 0 unspecified atom stereocenters. The van der Waals surface area contributed by atoms with E-state index in [1.807, 2.05) is 24.3 Å². The first-order valence-electron chi connectivity index (χ1n) is 13.2. The third-order valence-electron chi connectivity index (χ3n) is 7.08. The molecule has 2 aliphatic rings. The number of hydrogen-bond donors (Lipinski definition) is 2. The Balaban J connectivity index is 1.34. The van der Waals surface area contributed by atoms with Crippen LogP contribution in [-0.2, 0) is 11.2 Å². The van der Waals surface area contributed by atoms with Crippen molar-refractivity contribution in [2.24, 2.45) is 0 Å². The summed E-state index contributed by atoms with van der Waals surface area (Å²) in [5.41, 5.74) is 7.12. The lowest BCUT2D eigenvalue weighted by Crippen LogP contribution is -2.16. The summed E-state index contributed by atoms with van der Waals surface area (Å²) in [4.78, 5) is 13.2. The fourth-order valence-electron chi connectivity index (χ4n) is 4.87. The summed E-state index contributed by atoms with van der Waals surface area (Å²) in [5, 5.41) is 17.9. The van der Waals surface area contributed by atoms with Gasteiger partial charge in [0.25, 0.3) is 0 Å². The number of ether oxygens (including phenoxy) is 1. The molecule has 3 aromatic carbocycles. The van der Waals surface area contributed by atoms with Crippen molar-refractivity contribution < 1.29 is 9.53 Å². The summed E-state index contributed by atoms with van der Waals surface area (Å²) in [5.74, 6) is 2.43. The number of anilines is 1. The molecule has 37 heavy (non-hydrogen) atoms. The highest BCUT2D eigenvalue weighted by atomic mass is 16.5. The van der Waals surface area contributed by atoms with Gasteiger partial charge in [-0.05, 0) is 83.5 Å². The Labute approximate surface area is 216 Å². The Bertz CT molecular complexity index is 1390. The average molecular weight is 494 g/mol. The molecule has 2 saturated carbocycles. The summed E-state index contributed by atoms with van der Waals surface area (Å²) in [6.07, 6.45) is 6.01. The van der Waals surface area contributed by atoms with Crippen molar-refractivity contribution in [2.45, 2.75) is 57.3 Å². The van der Waals surface area contributed by atoms with Crippen LogP contribution in [0.15, 0.2) is 60.7 Å². The van der Waals surface area contributed by atoms with E-state index in [0.29, 0.717) is 30.7 Å². The highest BCUT2D eigenvalue weighted by molar-refractivity contribution is 5.96. The molecule has 1 heterocycles. The number of rotatable bonds is 10. The average Bonchev–Trinajstić information content (AvgIpc) is 3.86. The van der Waals surface area contributed by atoms with Crippen LogP contribution in [0.4, 0.5) is 5.69 Å². The zero-order valence-corrected chi connectivity index (χ0v) is 21.0. The minimum absolute atomic E-state index is 0.0501. The van der Waals surface area contributed by atoms with Crippen molar-refractivity contribution in [3.63, 3.8) is 0 Å². The third-order valence-corrected chi connectivity index (χ3v) is 7.08. The van der Waals surface area contributed by atoms with Gasteiger partial charge >= 0.3 is 0 Å². The van der Waals surface area contributed by atoms with Gasteiger partial charge in [-0.3, -0.25) is 4.79 Å². The van der Waals surface area contributed by atoms with Crippen LogP contribution < -0.4 is 10.1 Å². The Kier molecular flexibility index (Phi) is 6.43. The Morgan fingerprint density at radius 3 is 2.43 bits per heavy atom. The second-order valence-electron chi connectivity index (χ2n) is 10.1. The molecule has 1 amide bonds.